The minimum absolute atomic E-state index is 0.0205. The average Bonchev–Trinajstić information content (AvgIpc) is 2.34. The van der Waals surface area contributed by atoms with Crippen molar-refractivity contribution in [3.8, 4) is 0 Å². The lowest BCUT2D eigenvalue weighted by Gasteiger charge is -2.18. The molecular weight excluding hydrogens is 276 g/mol. The molecule has 0 saturated heterocycles. The highest BCUT2D eigenvalue weighted by Gasteiger charge is 2.18. The van der Waals surface area contributed by atoms with Crippen molar-refractivity contribution in [3.63, 3.8) is 0 Å². The van der Waals surface area contributed by atoms with Crippen molar-refractivity contribution in [2.45, 2.75) is 39.3 Å². The number of rotatable bonds is 7. The number of nitrogens with one attached hydrogen (secondary N) is 2. The van der Waals surface area contributed by atoms with E-state index in [4.69, 9.17) is 0 Å². The van der Waals surface area contributed by atoms with Crippen molar-refractivity contribution < 1.29 is 13.2 Å². The van der Waals surface area contributed by atoms with Gasteiger partial charge in [0.15, 0.2) is 5.78 Å². The number of anilines is 1. The summed E-state index contributed by atoms with van der Waals surface area (Å²) in [6.07, 6.45) is 1.80. The minimum atomic E-state index is -3.29. The van der Waals surface area contributed by atoms with Gasteiger partial charge in [-0.25, -0.2) is 8.42 Å². The van der Waals surface area contributed by atoms with E-state index in [2.05, 4.69) is 10.0 Å². The molecule has 0 spiro atoms. The molecule has 5 nitrogen and oxygen atoms in total. The Morgan fingerprint density at radius 3 is 2.15 bits per heavy atom. The smallest absolute Gasteiger partial charge is 0.229 e. The van der Waals surface area contributed by atoms with Gasteiger partial charge >= 0.3 is 0 Å². The standard InChI is InChI=1S/C14H22N2O3S/c1-5-13(15-10(2)3)14(17)11-6-8-12(9-7-11)16-20(4,18)19/h6-10,13,15-16H,5H2,1-4H3. The van der Waals surface area contributed by atoms with Gasteiger partial charge in [0.25, 0.3) is 0 Å². The first kappa shape index (κ1) is 16.7. The van der Waals surface area contributed by atoms with Gasteiger partial charge in [-0.3, -0.25) is 9.52 Å². The number of carbonyl (C=O) groups is 1. The molecule has 6 heteroatoms. The average molecular weight is 298 g/mol. The van der Waals surface area contributed by atoms with Gasteiger partial charge < -0.3 is 5.32 Å². The van der Waals surface area contributed by atoms with Crippen LogP contribution in [0.5, 0.6) is 0 Å². The SMILES string of the molecule is CCC(NC(C)C)C(=O)c1ccc(NS(C)(=O)=O)cc1. The number of carbonyl (C=O) groups excluding carboxylic acids is 1. The Morgan fingerprint density at radius 1 is 1.20 bits per heavy atom. The van der Waals surface area contributed by atoms with E-state index in [1.165, 1.54) is 0 Å². The Labute approximate surface area is 120 Å². The third kappa shape index (κ3) is 5.30. The van der Waals surface area contributed by atoms with E-state index in [1.807, 2.05) is 20.8 Å². The van der Waals surface area contributed by atoms with Crippen LogP contribution >= 0.6 is 0 Å². The molecular formula is C14H22N2O3S. The van der Waals surface area contributed by atoms with E-state index in [-0.39, 0.29) is 17.9 Å². The molecule has 0 heterocycles. The first-order valence-corrected chi connectivity index (χ1v) is 8.50. The molecule has 0 aliphatic rings. The summed E-state index contributed by atoms with van der Waals surface area (Å²) in [6, 6.07) is 6.48. The van der Waals surface area contributed by atoms with Crippen LogP contribution < -0.4 is 10.0 Å². The minimum Gasteiger partial charge on any atom is -0.305 e. The van der Waals surface area contributed by atoms with Gasteiger partial charge in [0.2, 0.25) is 10.0 Å². The van der Waals surface area contributed by atoms with Gasteiger partial charge in [-0.05, 0) is 30.7 Å². The summed E-state index contributed by atoms with van der Waals surface area (Å²) in [5.74, 6) is 0.0205. The van der Waals surface area contributed by atoms with Crippen molar-refractivity contribution in [3.05, 3.63) is 29.8 Å². The molecule has 0 fully saturated rings. The molecule has 0 radical (unpaired) electrons. The summed E-state index contributed by atoms with van der Waals surface area (Å²) in [7, 11) is -3.29. The van der Waals surface area contributed by atoms with E-state index in [9.17, 15) is 13.2 Å². The monoisotopic (exact) mass is 298 g/mol. The summed E-state index contributed by atoms with van der Waals surface area (Å²) in [6.45, 7) is 5.95. The molecule has 2 N–H and O–H groups in total. The Morgan fingerprint density at radius 2 is 1.75 bits per heavy atom. The van der Waals surface area contributed by atoms with Crippen LogP contribution in [0.4, 0.5) is 5.69 Å². The molecule has 0 saturated carbocycles. The number of hydrogen-bond donors (Lipinski definition) is 2. The zero-order valence-corrected chi connectivity index (χ0v) is 13.1. The number of hydrogen-bond acceptors (Lipinski definition) is 4. The van der Waals surface area contributed by atoms with E-state index < -0.39 is 10.0 Å². The topological polar surface area (TPSA) is 75.3 Å². The van der Waals surface area contributed by atoms with Gasteiger partial charge in [-0.2, -0.15) is 0 Å². The van der Waals surface area contributed by atoms with Gasteiger partial charge in [-0.15, -0.1) is 0 Å². The van der Waals surface area contributed by atoms with Gasteiger partial charge in [0, 0.05) is 17.3 Å². The van der Waals surface area contributed by atoms with Crippen LogP contribution in [0.3, 0.4) is 0 Å². The maximum absolute atomic E-state index is 12.3. The molecule has 0 aromatic heterocycles. The van der Waals surface area contributed by atoms with Crippen LogP contribution in [0.1, 0.15) is 37.6 Å². The third-order valence-electron chi connectivity index (χ3n) is 2.73. The fourth-order valence-corrected chi connectivity index (χ4v) is 2.46. The summed E-state index contributed by atoms with van der Waals surface area (Å²) >= 11 is 0. The maximum Gasteiger partial charge on any atom is 0.229 e. The van der Waals surface area contributed by atoms with Crippen molar-refractivity contribution >= 4 is 21.5 Å². The molecule has 0 aliphatic carbocycles. The number of ketones is 1. The second-order valence-corrected chi connectivity index (χ2v) is 6.85. The number of benzene rings is 1. The summed E-state index contributed by atoms with van der Waals surface area (Å²) < 4.78 is 24.6. The molecule has 1 aromatic rings. The molecule has 1 unspecified atom stereocenters. The van der Waals surface area contributed by atoms with Gasteiger partial charge in [0.05, 0.1) is 12.3 Å². The van der Waals surface area contributed by atoms with Gasteiger partial charge in [-0.1, -0.05) is 20.8 Å². The van der Waals surface area contributed by atoms with E-state index in [1.54, 1.807) is 24.3 Å². The van der Waals surface area contributed by atoms with Crippen LogP contribution in [0.25, 0.3) is 0 Å². The van der Waals surface area contributed by atoms with Crippen LogP contribution in [0.15, 0.2) is 24.3 Å². The second kappa shape index (κ2) is 6.85. The lowest BCUT2D eigenvalue weighted by Crippen LogP contribution is -2.40. The van der Waals surface area contributed by atoms with Crippen molar-refractivity contribution in [1.29, 1.82) is 0 Å². The summed E-state index contributed by atoms with van der Waals surface area (Å²) in [4.78, 5) is 12.3. The molecule has 1 atom stereocenters. The highest BCUT2D eigenvalue weighted by molar-refractivity contribution is 7.92. The van der Waals surface area contributed by atoms with E-state index in [0.29, 0.717) is 17.7 Å². The second-order valence-electron chi connectivity index (χ2n) is 5.10. The van der Waals surface area contributed by atoms with Gasteiger partial charge in [0.1, 0.15) is 0 Å². The highest BCUT2D eigenvalue weighted by Crippen LogP contribution is 2.13. The lowest BCUT2D eigenvalue weighted by atomic mass is 10.0. The molecule has 1 rings (SSSR count). The molecule has 0 amide bonds. The predicted molar refractivity (Wildman–Crippen MR) is 81.6 cm³/mol. The normalized spacial score (nSPS) is 13.2. The number of sulfonamides is 1. The Bertz CT molecular complexity index is 550. The van der Waals surface area contributed by atoms with E-state index >= 15 is 0 Å². The Balaban J connectivity index is 2.84. The zero-order chi connectivity index (χ0) is 15.3. The Kier molecular flexibility index (Phi) is 5.71. The first-order chi connectivity index (χ1) is 9.23. The largest absolute Gasteiger partial charge is 0.305 e. The highest BCUT2D eigenvalue weighted by atomic mass is 32.2. The molecule has 112 valence electrons. The van der Waals surface area contributed by atoms with Crippen LogP contribution in [-0.4, -0.2) is 32.5 Å². The quantitative estimate of drug-likeness (QED) is 0.755. The fourth-order valence-electron chi connectivity index (χ4n) is 1.90. The molecule has 0 aliphatic heterocycles. The predicted octanol–water partition coefficient (Wildman–Crippen LogP) is 2.02. The summed E-state index contributed by atoms with van der Waals surface area (Å²) in [5, 5.41) is 3.22. The maximum atomic E-state index is 12.3. The zero-order valence-electron chi connectivity index (χ0n) is 12.3. The lowest BCUT2D eigenvalue weighted by molar-refractivity contribution is 0.0935. The van der Waals surface area contributed by atoms with E-state index in [0.717, 1.165) is 6.26 Å². The molecule has 1 aromatic carbocycles. The molecule has 0 bridgehead atoms. The van der Waals surface area contributed by atoms with Crippen molar-refractivity contribution in [1.82, 2.24) is 5.32 Å². The van der Waals surface area contributed by atoms with Crippen molar-refractivity contribution in [2.75, 3.05) is 11.0 Å². The molecule has 20 heavy (non-hydrogen) atoms. The van der Waals surface area contributed by atoms with Crippen molar-refractivity contribution in [2.24, 2.45) is 0 Å². The first-order valence-electron chi connectivity index (χ1n) is 6.61. The number of Topliss-reactive ketones (excluding diaryl/α,β-unsaturated/α-hetero) is 1. The van der Waals surface area contributed by atoms with Crippen LogP contribution in [0.2, 0.25) is 0 Å². The summed E-state index contributed by atoms with van der Waals surface area (Å²) in [5.41, 5.74) is 1.03. The van der Waals surface area contributed by atoms with Crippen LogP contribution in [0, 0.1) is 0 Å². The Hall–Kier alpha value is -1.40. The third-order valence-corrected chi connectivity index (χ3v) is 3.34. The fraction of sp³-hybridized carbons (Fsp3) is 0.500. The van der Waals surface area contributed by atoms with Crippen LogP contribution in [-0.2, 0) is 10.0 Å².